The fourth-order valence-electron chi connectivity index (χ4n) is 2.89. The summed E-state index contributed by atoms with van der Waals surface area (Å²) in [4.78, 5) is 12.2. The molecule has 0 saturated carbocycles. The predicted octanol–water partition coefficient (Wildman–Crippen LogP) is 3.91. The van der Waals surface area contributed by atoms with E-state index >= 15 is 0 Å². The van der Waals surface area contributed by atoms with E-state index in [1.165, 1.54) is 0 Å². The van der Waals surface area contributed by atoms with Gasteiger partial charge in [0, 0.05) is 0 Å². The highest BCUT2D eigenvalue weighted by molar-refractivity contribution is 5.86. The molecule has 138 valence electrons. The summed E-state index contributed by atoms with van der Waals surface area (Å²) >= 11 is 0. The van der Waals surface area contributed by atoms with Gasteiger partial charge in [-0.25, -0.2) is 5.48 Å². The molecule has 3 rings (SSSR count). The minimum absolute atomic E-state index is 0.412. The number of ether oxygens (including phenoxy) is 2. The van der Waals surface area contributed by atoms with Crippen LogP contribution in [-0.2, 0) is 11.4 Å². The second-order valence-electron chi connectivity index (χ2n) is 6.03. The van der Waals surface area contributed by atoms with Gasteiger partial charge in [0.2, 0.25) is 0 Å². The number of amides is 1. The van der Waals surface area contributed by atoms with Crippen LogP contribution in [0.3, 0.4) is 0 Å². The number of methoxy groups -OCH3 is 1. The smallest absolute Gasteiger partial charge is 0.255 e. The normalized spacial score (nSPS) is 11.5. The third-order valence-corrected chi connectivity index (χ3v) is 4.26. The molecule has 5 nitrogen and oxygen atoms in total. The number of nitrogens with one attached hydrogen (secondary N) is 1. The second kappa shape index (κ2) is 8.87. The van der Waals surface area contributed by atoms with E-state index in [2.05, 4.69) is 0 Å². The molecule has 1 atom stereocenters. The average Bonchev–Trinajstić information content (AvgIpc) is 2.74. The summed E-state index contributed by atoms with van der Waals surface area (Å²) in [6.45, 7) is 0.412. The van der Waals surface area contributed by atoms with Gasteiger partial charge in [-0.05, 0) is 41.0 Å². The van der Waals surface area contributed by atoms with Crippen LogP contribution in [0.2, 0.25) is 0 Å². The average molecular weight is 363 g/mol. The Labute approximate surface area is 158 Å². The fraction of sp³-hybridized carbons (Fsp3) is 0.136. The Balaban J connectivity index is 1.74. The lowest BCUT2D eigenvalue weighted by atomic mass is 9.91. The van der Waals surface area contributed by atoms with E-state index in [1.54, 1.807) is 12.6 Å². The third kappa shape index (κ3) is 4.65. The largest absolute Gasteiger partial charge is 0.497 e. The first-order valence-corrected chi connectivity index (χ1v) is 8.56. The van der Waals surface area contributed by atoms with Crippen LogP contribution < -0.4 is 15.0 Å². The summed E-state index contributed by atoms with van der Waals surface area (Å²) in [5, 5.41) is 9.10. The van der Waals surface area contributed by atoms with Gasteiger partial charge in [-0.15, -0.1) is 0 Å². The highest BCUT2D eigenvalue weighted by Gasteiger charge is 2.22. The van der Waals surface area contributed by atoms with Crippen LogP contribution in [0.15, 0.2) is 78.9 Å². The number of carbonyl (C=O) groups excluding carboxylic acids is 1. The topological polar surface area (TPSA) is 67.8 Å². The van der Waals surface area contributed by atoms with Gasteiger partial charge in [0.15, 0.2) is 0 Å². The van der Waals surface area contributed by atoms with Crippen molar-refractivity contribution in [3.63, 3.8) is 0 Å². The molecule has 1 unspecified atom stereocenters. The van der Waals surface area contributed by atoms with Crippen LogP contribution >= 0.6 is 0 Å². The molecule has 1 amide bonds. The Morgan fingerprint density at radius 1 is 0.926 bits per heavy atom. The van der Waals surface area contributed by atoms with Crippen molar-refractivity contribution in [2.24, 2.45) is 0 Å². The zero-order valence-corrected chi connectivity index (χ0v) is 15.0. The van der Waals surface area contributed by atoms with Gasteiger partial charge >= 0.3 is 0 Å². The highest BCUT2D eigenvalue weighted by atomic mass is 16.5. The Hall–Kier alpha value is -3.31. The van der Waals surface area contributed by atoms with Gasteiger partial charge in [-0.1, -0.05) is 54.6 Å². The first kappa shape index (κ1) is 18.5. The predicted molar refractivity (Wildman–Crippen MR) is 102 cm³/mol. The maximum absolute atomic E-state index is 12.2. The number of rotatable bonds is 7. The van der Waals surface area contributed by atoms with Crippen LogP contribution in [0.5, 0.6) is 11.5 Å². The van der Waals surface area contributed by atoms with E-state index in [0.29, 0.717) is 12.4 Å². The first-order chi connectivity index (χ1) is 13.2. The van der Waals surface area contributed by atoms with E-state index in [0.717, 1.165) is 22.4 Å². The number of benzene rings is 3. The summed E-state index contributed by atoms with van der Waals surface area (Å²) in [6, 6.07) is 24.3. The van der Waals surface area contributed by atoms with Crippen molar-refractivity contribution in [1.29, 1.82) is 0 Å². The Morgan fingerprint density at radius 3 is 2.30 bits per heavy atom. The van der Waals surface area contributed by atoms with E-state index < -0.39 is 11.8 Å². The molecule has 0 saturated heterocycles. The standard InChI is InChI=1S/C22H21NO4/c1-26-20-9-5-6-16(14-20)15-27-19-12-10-18(11-13-19)21(22(24)23-25)17-7-3-2-4-8-17/h2-14,21,25H,15H2,1H3,(H,23,24). The molecule has 0 spiro atoms. The van der Waals surface area contributed by atoms with Gasteiger partial charge in [0.1, 0.15) is 18.1 Å². The molecule has 5 heteroatoms. The molecule has 3 aromatic rings. The van der Waals surface area contributed by atoms with Gasteiger partial charge < -0.3 is 9.47 Å². The molecule has 0 aromatic heterocycles. The summed E-state index contributed by atoms with van der Waals surface area (Å²) in [5.74, 6) is 0.403. The van der Waals surface area contributed by atoms with Crippen LogP contribution in [0.4, 0.5) is 0 Å². The summed E-state index contributed by atoms with van der Waals surface area (Å²) in [5.41, 5.74) is 4.32. The number of hydroxylamine groups is 1. The van der Waals surface area contributed by atoms with Crippen molar-refractivity contribution in [1.82, 2.24) is 5.48 Å². The molecule has 3 aromatic carbocycles. The molecule has 0 aliphatic heterocycles. The molecule has 0 bridgehead atoms. The minimum Gasteiger partial charge on any atom is -0.497 e. The molecule has 0 heterocycles. The van der Waals surface area contributed by atoms with Gasteiger partial charge in [0.05, 0.1) is 13.0 Å². The van der Waals surface area contributed by atoms with Crippen molar-refractivity contribution in [2.45, 2.75) is 12.5 Å². The Bertz CT molecular complexity index is 878. The van der Waals surface area contributed by atoms with Crippen molar-refractivity contribution in [2.75, 3.05) is 7.11 Å². The van der Waals surface area contributed by atoms with Crippen LogP contribution in [0.25, 0.3) is 0 Å². The van der Waals surface area contributed by atoms with Crippen LogP contribution in [0.1, 0.15) is 22.6 Å². The number of hydrogen-bond donors (Lipinski definition) is 2. The lowest BCUT2D eigenvalue weighted by Crippen LogP contribution is -2.27. The molecular formula is C22H21NO4. The van der Waals surface area contributed by atoms with Gasteiger partial charge in [-0.3, -0.25) is 10.0 Å². The second-order valence-corrected chi connectivity index (χ2v) is 6.03. The molecule has 0 aliphatic rings. The molecule has 0 aliphatic carbocycles. The monoisotopic (exact) mass is 363 g/mol. The quantitative estimate of drug-likeness (QED) is 0.493. The van der Waals surface area contributed by atoms with E-state index in [-0.39, 0.29) is 0 Å². The third-order valence-electron chi connectivity index (χ3n) is 4.26. The Kier molecular flexibility index (Phi) is 6.07. The molecule has 27 heavy (non-hydrogen) atoms. The van der Waals surface area contributed by atoms with E-state index in [9.17, 15) is 4.79 Å². The molecule has 0 radical (unpaired) electrons. The summed E-state index contributed by atoms with van der Waals surface area (Å²) in [6.07, 6.45) is 0. The van der Waals surface area contributed by atoms with Crippen molar-refractivity contribution < 1.29 is 19.5 Å². The van der Waals surface area contributed by atoms with Crippen LogP contribution in [-0.4, -0.2) is 18.2 Å². The van der Waals surface area contributed by atoms with Gasteiger partial charge in [0.25, 0.3) is 5.91 Å². The summed E-state index contributed by atoms with van der Waals surface area (Å²) in [7, 11) is 1.63. The fourth-order valence-corrected chi connectivity index (χ4v) is 2.89. The maximum atomic E-state index is 12.2. The SMILES string of the molecule is COc1cccc(COc2ccc(C(C(=O)NO)c3ccccc3)cc2)c1. The van der Waals surface area contributed by atoms with E-state index in [1.807, 2.05) is 78.9 Å². The molecule has 0 fully saturated rings. The van der Waals surface area contributed by atoms with Gasteiger partial charge in [-0.2, -0.15) is 0 Å². The number of hydrogen-bond acceptors (Lipinski definition) is 4. The maximum Gasteiger partial charge on any atom is 0.255 e. The van der Waals surface area contributed by atoms with Crippen molar-refractivity contribution in [3.8, 4) is 11.5 Å². The lowest BCUT2D eigenvalue weighted by Gasteiger charge is -2.16. The Morgan fingerprint density at radius 2 is 1.63 bits per heavy atom. The van der Waals surface area contributed by atoms with E-state index in [4.69, 9.17) is 14.7 Å². The summed E-state index contributed by atoms with van der Waals surface area (Å²) < 4.78 is 11.0. The minimum atomic E-state index is -0.594. The lowest BCUT2D eigenvalue weighted by molar-refractivity contribution is -0.129. The highest BCUT2D eigenvalue weighted by Crippen LogP contribution is 2.27. The van der Waals surface area contributed by atoms with Crippen LogP contribution in [0, 0.1) is 0 Å². The number of carbonyl (C=O) groups is 1. The van der Waals surface area contributed by atoms with Crippen molar-refractivity contribution in [3.05, 3.63) is 95.6 Å². The first-order valence-electron chi connectivity index (χ1n) is 8.56. The molecular weight excluding hydrogens is 342 g/mol. The van der Waals surface area contributed by atoms with Crippen molar-refractivity contribution >= 4 is 5.91 Å². The molecule has 2 N–H and O–H groups in total. The zero-order chi connectivity index (χ0) is 19.1. The zero-order valence-electron chi connectivity index (χ0n) is 15.0.